The van der Waals surface area contributed by atoms with Crippen LogP contribution in [-0.4, -0.2) is 24.9 Å². The maximum Gasteiger partial charge on any atom is 0.124 e. The van der Waals surface area contributed by atoms with E-state index in [4.69, 9.17) is 14.2 Å². The minimum absolute atomic E-state index is 0.204. The van der Waals surface area contributed by atoms with Crippen LogP contribution in [0.2, 0.25) is 0 Å². The summed E-state index contributed by atoms with van der Waals surface area (Å²) in [4.78, 5) is 0. The van der Waals surface area contributed by atoms with Crippen LogP contribution in [0.25, 0.3) is 0 Å². The third kappa shape index (κ3) is 2.40. The molecule has 0 radical (unpaired) electrons. The second-order valence-electron chi connectivity index (χ2n) is 4.47. The highest BCUT2D eigenvalue weighted by atomic mass is 16.5. The Kier molecular flexibility index (Phi) is 3.88. The van der Waals surface area contributed by atoms with Crippen LogP contribution in [-0.2, 0) is 14.2 Å². The molecule has 0 spiro atoms. The van der Waals surface area contributed by atoms with Crippen molar-refractivity contribution in [2.45, 2.75) is 44.0 Å². The molecule has 2 aliphatic heterocycles. The molecule has 16 heavy (non-hydrogen) atoms. The molecule has 3 nitrogen and oxygen atoms in total. The van der Waals surface area contributed by atoms with Crippen molar-refractivity contribution >= 4 is 0 Å². The highest BCUT2D eigenvalue weighted by molar-refractivity contribution is 4.89. The van der Waals surface area contributed by atoms with Crippen LogP contribution in [0.15, 0.2) is 25.7 Å². The van der Waals surface area contributed by atoms with E-state index in [1.807, 2.05) is 0 Å². The lowest BCUT2D eigenvalue weighted by Crippen LogP contribution is -2.47. The Morgan fingerprint density at radius 3 is 2.62 bits per heavy atom. The van der Waals surface area contributed by atoms with E-state index in [1.54, 1.807) is 0 Å². The fourth-order valence-electron chi connectivity index (χ4n) is 2.72. The van der Waals surface area contributed by atoms with Gasteiger partial charge in [-0.1, -0.05) is 13.2 Å². The topological polar surface area (TPSA) is 27.7 Å². The Morgan fingerprint density at radius 2 is 1.88 bits per heavy atom. The first-order valence-electron chi connectivity index (χ1n) is 5.99. The highest BCUT2D eigenvalue weighted by Crippen LogP contribution is 2.36. The van der Waals surface area contributed by atoms with Gasteiger partial charge in [0.1, 0.15) is 6.10 Å². The molecule has 0 N–H and O–H groups in total. The van der Waals surface area contributed by atoms with Gasteiger partial charge in [0, 0.05) is 5.92 Å². The SMILES string of the molecule is C=COCC1CCC2OC1CCC2OC=C. The van der Waals surface area contributed by atoms with E-state index in [0.29, 0.717) is 12.0 Å². The average Bonchev–Trinajstić information content (AvgIpc) is 2.32. The number of hydrogen-bond donors (Lipinski definition) is 0. The van der Waals surface area contributed by atoms with Crippen LogP contribution < -0.4 is 0 Å². The fraction of sp³-hybridized carbons (Fsp3) is 0.692. The lowest BCUT2D eigenvalue weighted by Gasteiger charge is -2.43. The van der Waals surface area contributed by atoms with Gasteiger partial charge in [-0.25, -0.2) is 0 Å². The van der Waals surface area contributed by atoms with Gasteiger partial charge < -0.3 is 14.2 Å². The van der Waals surface area contributed by atoms with E-state index < -0.39 is 0 Å². The summed E-state index contributed by atoms with van der Waals surface area (Å²) in [6.07, 6.45) is 8.15. The molecule has 0 aromatic carbocycles. The van der Waals surface area contributed by atoms with Crippen molar-refractivity contribution in [2.24, 2.45) is 5.92 Å². The minimum Gasteiger partial charge on any atom is -0.501 e. The van der Waals surface area contributed by atoms with E-state index in [-0.39, 0.29) is 12.2 Å². The van der Waals surface area contributed by atoms with Crippen molar-refractivity contribution in [2.75, 3.05) is 6.61 Å². The summed E-state index contributed by atoms with van der Waals surface area (Å²) >= 11 is 0. The number of hydrogen-bond acceptors (Lipinski definition) is 3. The van der Waals surface area contributed by atoms with Crippen LogP contribution in [0.1, 0.15) is 25.7 Å². The fourth-order valence-corrected chi connectivity index (χ4v) is 2.72. The molecule has 0 amide bonds. The first-order valence-corrected chi connectivity index (χ1v) is 5.99. The van der Waals surface area contributed by atoms with Gasteiger partial charge in [0.15, 0.2) is 0 Å². The van der Waals surface area contributed by atoms with Crippen molar-refractivity contribution in [3.63, 3.8) is 0 Å². The number of ether oxygens (including phenoxy) is 3. The number of rotatable bonds is 5. The van der Waals surface area contributed by atoms with Crippen LogP contribution in [0.3, 0.4) is 0 Å². The third-order valence-electron chi connectivity index (χ3n) is 3.55. The molecule has 4 unspecified atom stereocenters. The lowest BCUT2D eigenvalue weighted by atomic mass is 9.83. The highest BCUT2D eigenvalue weighted by Gasteiger charge is 2.40. The Hall–Kier alpha value is -0.960. The van der Waals surface area contributed by atoms with Crippen LogP contribution >= 0.6 is 0 Å². The molecule has 2 fully saturated rings. The predicted molar refractivity (Wildman–Crippen MR) is 61.8 cm³/mol. The quantitative estimate of drug-likeness (QED) is 0.672. The molecule has 0 aromatic rings. The molecule has 0 aliphatic carbocycles. The van der Waals surface area contributed by atoms with Crippen molar-refractivity contribution in [3.05, 3.63) is 25.7 Å². The molecular formula is C13H20O3. The molecule has 3 heteroatoms. The van der Waals surface area contributed by atoms with E-state index in [0.717, 1.165) is 32.3 Å². The Morgan fingerprint density at radius 1 is 1.06 bits per heavy atom. The zero-order valence-corrected chi connectivity index (χ0v) is 9.64. The summed E-state index contributed by atoms with van der Waals surface area (Å²) in [5.41, 5.74) is 0. The molecule has 90 valence electrons. The van der Waals surface area contributed by atoms with E-state index in [1.165, 1.54) is 12.5 Å². The summed E-state index contributed by atoms with van der Waals surface area (Å²) in [7, 11) is 0. The Bertz CT molecular complexity index is 250. The van der Waals surface area contributed by atoms with E-state index >= 15 is 0 Å². The maximum atomic E-state index is 6.01. The predicted octanol–water partition coefficient (Wildman–Crippen LogP) is 2.63. The molecule has 4 atom stereocenters. The van der Waals surface area contributed by atoms with E-state index in [2.05, 4.69) is 13.2 Å². The van der Waals surface area contributed by atoms with Crippen molar-refractivity contribution in [1.29, 1.82) is 0 Å². The molecule has 0 aromatic heterocycles. The van der Waals surface area contributed by atoms with Gasteiger partial charge in [0.2, 0.25) is 0 Å². The van der Waals surface area contributed by atoms with Gasteiger partial charge in [-0.2, -0.15) is 0 Å². The Labute approximate surface area is 97.1 Å². The van der Waals surface area contributed by atoms with Crippen LogP contribution in [0.4, 0.5) is 0 Å². The second kappa shape index (κ2) is 5.39. The van der Waals surface area contributed by atoms with Crippen LogP contribution in [0, 0.1) is 5.92 Å². The van der Waals surface area contributed by atoms with Gasteiger partial charge in [0.25, 0.3) is 0 Å². The van der Waals surface area contributed by atoms with Crippen molar-refractivity contribution < 1.29 is 14.2 Å². The largest absolute Gasteiger partial charge is 0.501 e. The van der Waals surface area contributed by atoms with Gasteiger partial charge in [-0.3, -0.25) is 0 Å². The van der Waals surface area contributed by atoms with Crippen molar-refractivity contribution in [3.8, 4) is 0 Å². The zero-order chi connectivity index (χ0) is 11.4. The Balaban J connectivity index is 1.87. The smallest absolute Gasteiger partial charge is 0.124 e. The summed E-state index contributed by atoms with van der Waals surface area (Å²) in [6.45, 7) is 7.90. The molecular weight excluding hydrogens is 204 g/mol. The lowest BCUT2D eigenvalue weighted by molar-refractivity contribution is -0.171. The summed E-state index contributed by atoms with van der Waals surface area (Å²) in [5.74, 6) is 0.513. The monoisotopic (exact) mass is 224 g/mol. The van der Waals surface area contributed by atoms with Crippen molar-refractivity contribution in [1.82, 2.24) is 0 Å². The normalized spacial score (nSPS) is 37.5. The third-order valence-corrected chi connectivity index (χ3v) is 3.55. The summed E-state index contributed by atoms with van der Waals surface area (Å²) in [5, 5.41) is 0. The second-order valence-corrected chi connectivity index (χ2v) is 4.47. The first kappa shape index (κ1) is 11.5. The molecule has 2 bridgehead atoms. The zero-order valence-electron chi connectivity index (χ0n) is 9.64. The molecule has 2 saturated heterocycles. The molecule has 0 saturated carbocycles. The number of fused-ring (bicyclic) bond motifs is 2. The first-order chi connectivity index (χ1) is 7.85. The molecule has 2 heterocycles. The maximum absolute atomic E-state index is 6.01. The average molecular weight is 224 g/mol. The standard InChI is InChI=1S/C13H20O3/c1-3-14-9-10-5-6-13-12(15-4-2)8-7-11(10)16-13/h3-4,10-13H,1-2,5-9H2. The molecule has 2 rings (SSSR count). The minimum atomic E-state index is 0.204. The van der Waals surface area contributed by atoms with Crippen LogP contribution in [0.5, 0.6) is 0 Å². The summed E-state index contributed by atoms with van der Waals surface area (Å²) in [6, 6.07) is 0. The molecule has 2 aliphatic rings. The summed E-state index contributed by atoms with van der Waals surface area (Å²) < 4.78 is 16.8. The van der Waals surface area contributed by atoms with Gasteiger partial charge >= 0.3 is 0 Å². The van der Waals surface area contributed by atoms with E-state index in [9.17, 15) is 0 Å². The van der Waals surface area contributed by atoms with Gasteiger partial charge in [-0.05, 0) is 25.7 Å². The van der Waals surface area contributed by atoms with Gasteiger partial charge in [0.05, 0.1) is 31.3 Å². The van der Waals surface area contributed by atoms with Gasteiger partial charge in [-0.15, -0.1) is 0 Å².